The number of halogens is 1. The fraction of sp³-hybridized carbons (Fsp3) is 0.0625. The van der Waals surface area contributed by atoms with E-state index in [4.69, 9.17) is 17.3 Å². The molecule has 0 bridgehead atoms. The van der Waals surface area contributed by atoms with Gasteiger partial charge in [0.15, 0.2) is 0 Å². The molecular weight excluding hydrogens is 572 g/mol. The van der Waals surface area contributed by atoms with Gasteiger partial charge in [-0.05, 0) is 91.4 Å². The van der Waals surface area contributed by atoms with Gasteiger partial charge in [0.05, 0.1) is 5.25 Å². The molecule has 4 rings (SSSR count). The standard InChI is InChI=1S/C32H27ClN4O4S/c1-20(30(39)35-25-13-9-22(10-14-25)29(34)38)42-27-17-15-26(16-18-27)36-32(41)28(19-21-7-11-24(33)12-8-21)37-31(40)23-5-3-2-4-6-23/h2-20H,1H3,(H2,34,38)(H,35,39)(H,36,41)(H,37,40)/b28-19-. The monoisotopic (exact) mass is 598 g/mol. The van der Waals surface area contributed by atoms with Gasteiger partial charge in [-0.15, -0.1) is 11.8 Å². The average Bonchev–Trinajstić information content (AvgIpc) is 2.99. The highest BCUT2D eigenvalue weighted by atomic mass is 35.5. The van der Waals surface area contributed by atoms with Gasteiger partial charge in [-0.25, -0.2) is 0 Å². The number of rotatable bonds is 10. The summed E-state index contributed by atoms with van der Waals surface area (Å²) in [6.07, 6.45) is 1.57. The number of amides is 4. The van der Waals surface area contributed by atoms with Crippen LogP contribution in [0.3, 0.4) is 0 Å². The van der Waals surface area contributed by atoms with Crippen LogP contribution < -0.4 is 21.7 Å². The van der Waals surface area contributed by atoms with Gasteiger partial charge in [-0.3, -0.25) is 19.2 Å². The summed E-state index contributed by atoms with van der Waals surface area (Å²) in [5, 5.41) is 8.44. The second kappa shape index (κ2) is 14.2. The molecule has 0 aliphatic carbocycles. The van der Waals surface area contributed by atoms with Gasteiger partial charge in [0, 0.05) is 32.4 Å². The molecule has 5 N–H and O–H groups in total. The first kappa shape index (κ1) is 30.1. The summed E-state index contributed by atoms with van der Waals surface area (Å²) in [6.45, 7) is 1.77. The van der Waals surface area contributed by atoms with Gasteiger partial charge < -0.3 is 21.7 Å². The van der Waals surface area contributed by atoms with Crippen LogP contribution >= 0.6 is 23.4 Å². The van der Waals surface area contributed by atoms with E-state index in [0.717, 1.165) is 4.90 Å². The highest BCUT2D eigenvalue weighted by Gasteiger charge is 2.17. The molecule has 0 aliphatic rings. The molecule has 0 saturated carbocycles. The molecule has 42 heavy (non-hydrogen) atoms. The Bertz CT molecular complexity index is 1610. The Morgan fingerprint density at radius 2 is 1.36 bits per heavy atom. The zero-order chi connectivity index (χ0) is 30.1. The Morgan fingerprint density at radius 1 is 0.762 bits per heavy atom. The van der Waals surface area contributed by atoms with Gasteiger partial charge in [0.2, 0.25) is 11.8 Å². The largest absolute Gasteiger partial charge is 0.366 e. The van der Waals surface area contributed by atoms with Crippen LogP contribution in [0.15, 0.2) is 114 Å². The van der Waals surface area contributed by atoms with Crippen LogP contribution in [0.1, 0.15) is 33.2 Å². The number of carbonyl (C=O) groups excluding carboxylic acids is 4. The van der Waals surface area contributed by atoms with Crippen LogP contribution in [0.4, 0.5) is 11.4 Å². The second-order valence-electron chi connectivity index (χ2n) is 9.10. The van der Waals surface area contributed by atoms with Gasteiger partial charge >= 0.3 is 0 Å². The third kappa shape index (κ3) is 8.57. The van der Waals surface area contributed by atoms with Crippen LogP contribution in [-0.2, 0) is 9.59 Å². The van der Waals surface area contributed by atoms with Crippen molar-refractivity contribution in [2.75, 3.05) is 10.6 Å². The summed E-state index contributed by atoms with van der Waals surface area (Å²) < 4.78 is 0. The van der Waals surface area contributed by atoms with Crippen molar-refractivity contribution in [1.82, 2.24) is 5.32 Å². The van der Waals surface area contributed by atoms with Crippen molar-refractivity contribution in [1.29, 1.82) is 0 Å². The molecule has 1 atom stereocenters. The Balaban J connectivity index is 1.40. The number of nitrogens with two attached hydrogens (primary N) is 1. The number of carbonyl (C=O) groups is 4. The minimum atomic E-state index is -0.540. The number of hydrogen-bond donors (Lipinski definition) is 4. The topological polar surface area (TPSA) is 130 Å². The summed E-state index contributed by atoms with van der Waals surface area (Å²) in [7, 11) is 0. The quantitative estimate of drug-likeness (QED) is 0.132. The van der Waals surface area contributed by atoms with Gasteiger partial charge in [0.1, 0.15) is 5.70 Å². The molecule has 0 heterocycles. The summed E-state index contributed by atoms with van der Waals surface area (Å²) in [5.41, 5.74) is 7.81. The third-order valence-corrected chi connectivity index (χ3v) is 7.30. The number of benzene rings is 4. The maximum atomic E-state index is 13.2. The molecule has 1 unspecified atom stereocenters. The summed E-state index contributed by atoms with van der Waals surface area (Å²) >= 11 is 7.33. The number of nitrogens with one attached hydrogen (secondary N) is 3. The van der Waals surface area contributed by atoms with E-state index in [1.165, 1.54) is 11.8 Å². The lowest BCUT2D eigenvalue weighted by molar-refractivity contribution is -0.115. The molecule has 0 fully saturated rings. The molecular formula is C32H27ClN4O4S. The first-order valence-electron chi connectivity index (χ1n) is 12.8. The fourth-order valence-corrected chi connectivity index (χ4v) is 4.70. The van der Waals surface area contributed by atoms with Crippen molar-refractivity contribution in [3.8, 4) is 0 Å². The Kier molecular flexibility index (Phi) is 10.1. The number of thioether (sulfide) groups is 1. The van der Waals surface area contributed by atoms with Gasteiger partial charge in [-0.1, -0.05) is 41.9 Å². The predicted octanol–water partition coefficient (Wildman–Crippen LogP) is 5.97. The fourth-order valence-electron chi connectivity index (χ4n) is 3.70. The van der Waals surface area contributed by atoms with E-state index in [0.29, 0.717) is 33.1 Å². The zero-order valence-electron chi connectivity index (χ0n) is 22.5. The minimum absolute atomic E-state index is 0.0544. The SMILES string of the molecule is CC(Sc1ccc(NC(=O)/C(=C/c2ccc(Cl)cc2)NC(=O)c2ccccc2)cc1)C(=O)Nc1ccc(C(N)=O)cc1. The van der Waals surface area contributed by atoms with Crippen LogP contribution in [0.5, 0.6) is 0 Å². The Hall–Kier alpha value is -4.86. The van der Waals surface area contributed by atoms with E-state index < -0.39 is 23.0 Å². The molecule has 0 aliphatic heterocycles. The highest BCUT2D eigenvalue weighted by molar-refractivity contribution is 8.00. The van der Waals surface area contributed by atoms with E-state index >= 15 is 0 Å². The maximum absolute atomic E-state index is 13.2. The van der Waals surface area contributed by atoms with E-state index in [1.807, 2.05) is 0 Å². The molecule has 0 aromatic heterocycles. The lowest BCUT2D eigenvalue weighted by atomic mass is 10.1. The molecule has 8 nitrogen and oxygen atoms in total. The van der Waals surface area contributed by atoms with E-state index in [2.05, 4.69) is 16.0 Å². The molecule has 4 amide bonds. The van der Waals surface area contributed by atoms with Crippen molar-refractivity contribution >= 4 is 64.4 Å². The van der Waals surface area contributed by atoms with Crippen molar-refractivity contribution in [2.24, 2.45) is 5.73 Å². The lowest BCUT2D eigenvalue weighted by Gasteiger charge is -2.14. The first-order chi connectivity index (χ1) is 20.2. The molecule has 4 aromatic rings. The number of anilines is 2. The number of primary amides is 1. The van der Waals surface area contributed by atoms with Crippen molar-refractivity contribution < 1.29 is 19.2 Å². The molecule has 10 heteroatoms. The third-order valence-electron chi connectivity index (χ3n) is 5.94. The zero-order valence-corrected chi connectivity index (χ0v) is 24.0. The normalized spacial score (nSPS) is 11.7. The molecule has 0 spiro atoms. The Morgan fingerprint density at radius 3 is 1.98 bits per heavy atom. The van der Waals surface area contributed by atoms with Crippen LogP contribution in [-0.4, -0.2) is 28.9 Å². The summed E-state index contributed by atoms with van der Waals surface area (Å²) in [6, 6.07) is 28.8. The highest BCUT2D eigenvalue weighted by Crippen LogP contribution is 2.26. The first-order valence-corrected chi connectivity index (χ1v) is 14.1. The van der Waals surface area contributed by atoms with Crippen molar-refractivity contribution in [3.05, 3.63) is 131 Å². The molecule has 212 valence electrons. The van der Waals surface area contributed by atoms with Crippen LogP contribution in [0.25, 0.3) is 6.08 Å². The second-order valence-corrected chi connectivity index (χ2v) is 10.9. The number of hydrogen-bond acceptors (Lipinski definition) is 5. The van der Waals surface area contributed by atoms with Gasteiger partial charge in [-0.2, -0.15) is 0 Å². The van der Waals surface area contributed by atoms with E-state index in [9.17, 15) is 19.2 Å². The average molecular weight is 599 g/mol. The van der Waals surface area contributed by atoms with E-state index in [-0.39, 0.29) is 11.6 Å². The molecule has 0 radical (unpaired) electrons. The summed E-state index contributed by atoms with van der Waals surface area (Å²) in [4.78, 5) is 50.7. The van der Waals surface area contributed by atoms with Crippen LogP contribution in [0.2, 0.25) is 5.02 Å². The molecule has 4 aromatic carbocycles. The smallest absolute Gasteiger partial charge is 0.272 e. The Labute approximate surface area is 252 Å². The maximum Gasteiger partial charge on any atom is 0.272 e. The van der Waals surface area contributed by atoms with Crippen molar-refractivity contribution in [2.45, 2.75) is 17.1 Å². The lowest BCUT2D eigenvalue weighted by Crippen LogP contribution is -2.30. The van der Waals surface area contributed by atoms with E-state index in [1.54, 1.807) is 116 Å². The molecule has 0 saturated heterocycles. The van der Waals surface area contributed by atoms with Crippen LogP contribution in [0, 0.1) is 0 Å². The summed E-state index contributed by atoms with van der Waals surface area (Å²) in [5.74, 6) is -1.68. The minimum Gasteiger partial charge on any atom is -0.366 e. The predicted molar refractivity (Wildman–Crippen MR) is 167 cm³/mol. The van der Waals surface area contributed by atoms with Gasteiger partial charge in [0.25, 0.3) is 11.8 Å². The van der Waals surface area contributed by atoms with Crippen molar-refractivity contribution in [3.63, 3.8) is 0 Å².